The van der Waals surface area contributed by atoms with Gasteiger partial charge in [0.05, 0.1) is 19.3 Å². The molecule has 1 fully saturated rings. The number of nitrogens with zero attached hydrogens (tertiary/aromatic N) is 1. The molecule has 0 bridgehead atoms. The summed E-state index contributed by atoms with van der Waals surface area (Å²) in [5.74, 6) is 1.01. The summed E-state index contributed by atoms with van der Waals surface area (Å²) in [6, 6.07) is 5.82. The molecule has 3 atom stereocenters. The molecule has 0 aliphatic carbocycles. The fourth-order valence-electron chi connectivity index (χ4n) is 2.81. The average molecular weight is 265 g/mol. The molecule has 0 amide bonds. The minimum atomic E-state index is -0.572. The van der Waals surface area contributed by atoms with Crippen LogP contribution in [-0.4, -0.2) is 36.5 Å². The first-order chi connectivity index (χ1) is 9.04. The van der Waals surface area contributed by atoms with Gasteiger partial charge in [-0.05, 0) is 32.4 Å². The van der Waals surface area contributed by atoms with Crippen LogP contribution in [0.25, 0.3) is 0 Å². The third-order valence-electron chi connectivity index (χ3n) is 3.93. The quantitative estimate of drug-likeness (QED) is 0.874. The van der Waals surface area contributed by atoms with Gasteiger partial charge in [-0.2, -0.15) is 0 Å². The molecule has 19 heavy (non-hydrogen) atoms. The summed E-state index contributed by atoms with van der Waals surface area (Å²) >= 11 is 0. The molecule has 106 valence electrons. The van der Waals surface area contributed by atoms with E-state index in [-0.39, 0.29) is 6.10 Å². The van der Waals surface area contributed by atoms with E-state index in [1.165, 1.54) is 0 Å². The Labute approximate surface area is 114 Å². The summed E-state index contributed by atoms with van der Waals surface area (Å²) in [6.45, 7) is 5.33. The van der Waals surface area contributed by atoms with Crippen LogP contribution in [-0.2, 0) is 0 Å². The molecule has 0 aromatic heterocycles. The van der Waals surface area contributed by atoms with Crippen LogP contribution in [0.1, 0.15) is 31.9 Å². The second kappa shape index (κ2) is 5.80. The molecule has 4 heteroatoms. The van der Waals surface area contributed by atoms with E-state index in [1.807, 2.05) is 25.1 Å². The third-order valence-corrected chi connectivity index (χ3v) is 3.93. The zero-order chi connectivity index (χ0) is 14.0. The minimum Gasteiger partial charge on any atom is -0.496 e. The highest BCUT2D eigenvalue weighted by Gasteiger charge is 2.28. The Morgan fingerprint density at radius 3 is 2.58 bits per heavy atom. The number of methoxy groups -OCH3 is 1. The lowest BCUT2D eigenvalue weighted by Crippen LogP contribution is -2.25. The number of hydrogen-bond acceptors (Lipinski definition) is 4. The number of benzene rings is 1. The maximum Gasteiger partial charge on any atom is 0.126 e. The van der Waals surface area contributed by atoms with Gasteiger partial charge in [-0.15, -0.1) is 0 Å². The van der Waals surface area contributed by atoms with Gasteiger partial charge in [0.25, 0.3) is 0 Å². The van der Waals surface area contributed by atoms with Gasteiger partial charge in [0.1, 0.15) is 5.75 Å². The molecule has 4 nitrogen and oxygen atoms in total. The zero-order valence-corrected chi connectivity index (χ0v) is 11.8. The van der Waals surface area contributed by atoms with E-state index < -0.39 is 6.10 Å². The van der Waals surface area contributed by atoms with Gasteiger partial charge in [-0.1, -0.05) is 6.07 Å². The Hall–Kier alpha value is -1.26. The van der Waals surface area contributed by atoms with Crippen LogP contribution in [0.15, 0.2) is 18.2 Å². The molecule has 1 heterocycles. The zero-order valence-electron chi connectivity index (χ0n) is 11.8. The van der Waals surface area contributed by atoms with Crippen molar-refractivity contribution in [3.8, 4) is 5.75 Å². The molecule has 0 spiro atoms. The Bertz CT molecular complexity index is 431. The van der Waals surface area contributed by atoms with Crippen molar-refractivity contribution in [2.24, 2.45) is 5.92 Å². The van der Waals surface area contributed by atoms with Crippen LogP contribution >= 0.6 is 0 Å². The third kappa shape index (κ3) is 2.85. The van der Waals surface area contributed by atoms with E-state index in [2.05, 4.69) is 4.90 Å². The molecule has 1 aliphatic heterocycles. The number of aliphatic hydroxyl groups is 2. The summed E-state index contributed by atoms with van der Waals surface area (Å²) < 4.78 is 5.35. The fraction of sp³-hybridized carbons (Fsp3) is 0.600. The van der Waals surface area contributed by atoms with Crippen LogP contribution < -0.4 is 9.64 Å². The van der Waals surface area contributed by atoms with Crippen molar-refractivity contribution in [1.82, 2.24) is 0 Å². The molecular weight excluding hydrogens is 242 g/mol. The molecule has 1 aromatic rings. The first-order valence-electron chi connectivity index (χ1n) is 6.82. The first-order valence-corrected chi connectivity index (χ1v) is 6.82. The highest BCUT2D eigenvalue weighted by molar-refractivity contribution is 5.61. The van der Waals surface area contributed by atoms with Crippen LogP contribution in [0, 0.1) is 5.92 Å². The Morgan fingerprint density at radius 1 is 1.32 bits per heavy atom. The maximum absolute atomic E-state index is 10.00. The lowest BCUT2D eigenvalue weighted by atomic mass is 10.0. The van der Waals surface area contributed by atoms with Crippen molar-refractivity contribution in [3.05, 3.63) is 23.8 Å². The van der Waals surface area contributed by atoms with Gasteiger partial charge >= 0.3 is 0 Å². The number of hydrogen-bond donors (Lipinski definition) is 2. The van der Waals surface area contributed by atoms with Crippen molar-refractivity contribution >= 4 is 5.69 Å². The van der Waals surface area contributed by atoms with Crippen LogP contribution in [0.3, 0.4) is 0 Å². The molecule has 2 rings (SSSR count). The first kappa shape index (κ1) is 14.2. The summed E-state index contributed by atoms with van der Waals surface area (Å²) in [5, 5.41) is 19.7. The van der Waals surface area contributed by atoms with E-state index in [9.17, 15) is 10.2 Å². The van der Waals surface area contributed by atoms with Crippen molar-refractivity contribution in [1.29, 1.82) is 0 Å². The normalized spacial score (nSPS) is 22.4. The van der Waals surface area contributed by atoms with Gasteiger partial charge in [0, 0.05) is 30.3 Å². The largest absolute Gasteiger partial charge is 0.496 e. The molecule has 2 N–H and O–H groups in total. The summed E-state index contributed by atoms with van der Waals surface area (Å²) in [7, 11) is 1.62. The van der Waals surface area contributed by atoms with Crippen LogP contribution in [0.2, 0.25) is 0 Å². The molecule has 0 saturated carbocycles. The molecule has 1 saturated heterocycles. The molecule has 1 aliphatic rings. The molecule has 0 radical (unpaired) electrons. The Kier molecular flexibility index (Phi) is 4.32. The monoisotopic (exact) mass is 265 g/mol. The number of rotatable bonds is 4. The van der Waals surface area contributed by atoms with Gasteiger partial charge in [-0.25, -0.2) is 0 Å². The smallest absolute Gasteiger partial charge is 0.126 e. The Balaban J connectivity index is 2.30. The van der Waals surface area contributed by atoms with Gasteiger partial charge in [-0.3, -0.25) is 0 Å². The predicted molar refractivity (Wildman–Crippen MR) is 75.6 cm³/mol. The van der Waals surface area contributed by atoms with Crippen molar-refractivity contribution < 1.29 is 14.9 Å². The average Bonchev–Trinajstić information content (AvgIpc) is 2.87. The van der Waals surface area contributed by atoms with Crippen molar-refractivity contribution in [2.45, 2.75) is 32.5 Å². The summed E-state index contributed by atoms with van der Waals surface area (Å²) in [5.41, 5.74) is 1.84. The van der Waals surface area contributed by atoms with Crippen LogP contribution in [0.4, 0.5) is 5.69 Å². The van der Waals surface area contributed by atoms with E-state index in [0.717, 1.165) is 30.8 Å². The van der Waals surface area contributed by atoms with E-state index in [0.29, 0.717) is 11.7 Å². The van der Waals surface area contributed by atoms with E-state index in [4.69, 9.17) is 4.74 Å². The summed E-state index contributed by atoms with van der Waals surface area (Å²) in [6.07, 6.45) is 0.121. The number of anilines is 1. The van der Waals surface area contributed by atoms with E-state index >= 15 is 0 Å². The van der Waals surface area contributed by atoms with Gasteiger partial charge in [0.15, 0.2) is 0 Å². The summed E-state index contributed by atoms with van der Waals surface area (Å²) in [4.78, 5) is 2.22. The van der Waals surface area contributed by atoms with E-state index in [1.54, 1.807) is 14.0 Å². The molecule has 1 aromatic carbocycles. The predicted octanol–water partition coefficient (Wildman–Crippen LogP) is 1.96. The maximum atomic E-state index is 10.00. The minimum absolute atomic E-state index is 0.286. The second-order valence-electron chi connectivity index (χ2n) is 5.30. The van der Waals surface area contributed by atoms with Crippen molar-refractivity contribution in [3.63, 3.8) is 0 Å². The second-order valence-corrected chi connectivity index (χ2v) is 5.30. The number of ether oxygens (including phenoxy) is 1. The standard InChI is InChI=1S/C15H23NO3/c1-10(17)12-7-8-16(9-12)13-5-4-6-14(19-3)15(13)11(2)18/h4-6,10-12,17-18H,7-9H2,1-3H3. The highest BCUT2D eigenvalue weighted by atomic mass is 16.5. The fourth-order valence-corrected chi connectivity index (χ4v) is 2.81. The highest BCUT2D eigenvalue weighted by Crippen LogP contribution is 2.37. The van der Waals surface area contributed by atoms with Crippen LogP contribution in [0.5, 0.6) is 5.75 Å². The lowest BCUT2D eigenvalue weighted by molar-refractivity contribution is 0.136. The topological polar surface area (TPSA) is 52.9 Å². The Morgan fingerprint density at radius 2 is 2.05 bits per heavy atom. The van der Waals surface area contributed by atoms with Gasteiger partial charge in [0.2, 0.25) is 0 Å². The lowest BCUT2D eigenvalue weighted by Gasteiger charge is -2.25. The number of aliphatic hydroxyl groups excluding tert-OH is 2. The SMILES string of the molecule is COc1cccc(N2CCC(C(C)O)C2)c1C(C)O. The molecular formula is C15H23NO3. The van der Waals surface area contributed by atoms with Crippen molar-refractivity contribution in [2.75, 3.05) is 25.1 Å². The molecule has 3 unspecified atom stereocenters. The van der Waals surface area contributed by atoms with Gasteiger partial charge < -0.3 is 19.8 Å².